The summed E-state index contributed by atoms with van der Waals surface area (Å²) in [4.78, 5) is 2.49. The van der Waals surface area contributed by atoms with Crippen LogP contribution in [0, 0.1) is 0 Å². The molecule has 0 aromatic heterocycles. The van der Waals surface area contributed by atoms with Crippen LogP contribution in [0.2, 0.25) is 0 Å². The minimum atomic E-state index is 0. The van der Waals surface area contributed by atoms with E-state index in [4.69, 9.17) is 0 Å². The van der Waals surface area contributed by atoms with Crippen LogP contribution in [-0.2, 0) is 0 Å². The van der Waals surface area contributed by atoms with Gasteiger partial charge in [-0.15, -0.1) is 0 Å². The smallest absolute Gasteiger partial charge is 0.00184 e. The minimum absolute atomic E-state index is 0. The molecule has 1 heterocycles. The molecule has 0 bridgehead atoms. The van der Waals surface area contributed by atoms with Gasteiger partial charge in [-0.1, -0.05) is 6.92 Å². The molecule has 0 atom stereocenters. The molecule has 0 radical (unpaired) electrons. The number of rotatable bonds is 1. The quantitative estimate of drug-likeness (QED) is 0.565. The Bertz CT molecular complexity index is 53.0. The molecule has 0 amide bonds. The minimum Gasteiger partial charge on any atom is -0.412 e. The molecule has 0 saturated carbocycles. The highest BCUT2D eigenvalue weighted by molar-refractivity contribution is 4.62. The lowest BCUT2D eigenvalue weighted by Gasteiger charge is -2.08. The molecule has 3 nitrogen and oxygen atoms in total. The molecule has 0 spiro atoms. The van der Waals surface area contributed by atoms with Crippen LogP contribution in [0.1, 0.15) is 19.8 Å². The van der Waals surface area contributed by atoms with Crippen LogP contribution in [0.3, 0.4) is 0 Å². The molecule has 5 N–H and O–H groups in total. The maximum Gasteiger partial charge on any atom is -0.00184 e. The van der Waals surface area contributed by atoms with Crippen LogP contribution < -0.4 is 6.15 Å². The van der Waals surface area contributed by atoms with Gasteiger partial charge in [0.15, 0.2) is 0 Å². The molecule has 1 saturated heterocycles. The molecular formula is C6H18N2O. The Morgan fingerprint density at radius 1 is 1.22 bits per heavy atom. The van der Waals surface area contributed by atoms with Gasteiger partial charge in [0.05, 0.1) is 0 Å². The van der Waals surface area contributed by atoms with Gasteiger partial charge in [-0.05, 0) is 32.5 Å². The first-order chi connectivity index (χ1) is 3.43. The molecule has 1 aliphatic heterocycles. The predicted molar refractivity (Wildman–Crippen MR) is 40.0 cm³/mol. The van der Waals surface area contributed by atoms with Crippen molar-refractivity contribution in [3.63, 3.8) is 0 Å². The molecule has 0 aromatic rings. The number of nitrogens with zero attached hydrogens (tertiary/aromatic N) is 1. The summed E-state index contributed by atoms with van der Waals surface area (Å²) >= 11 is 0. The van der Waals surface area contributed by atoms with E-state index in [2.05, 4.69) is 11.8 Å². The second kappa shape index (κ2) is 6.01. The zero-order valence-electron chi connectivity index (χ0n) is 6.19. The van der Waals surface area contributed by atoms with Crippen molar-refractivity contribution >= 4 is 0 Å². The summed E-state index contributed by atoms with van der Waals surface area (Å²) in [6.45, 7) is 6.16. The van der Waals surface area contributed by atoms with E-state index in [0.29, 0.717) is 0 Å². The van der Waals surface area contributed by atoms with Gasteiger partial charge in [0.2, 0.25) is 0 Å². The Balaban J connectivity index is 0. The Morgan fingerprint density at radius 2 is 1.67 bits per heavy atom. The molecule has 58 valence electrons. The average molecular weight is 134 g/mol. The van der Waals surface area contributed by atoms with Gasteiger partial charge in [-0.3, -0.25) is 0 Å². The molecule has 1 fully saturated rings. The van der Waals surface area contributed by atoms with Gasteiger partial charge in [0.1, 0.15) is 0 Å². The van der Waals surface area contributed by atoms with E-state index in [-0.39, 0.29) is 11.6 Å². The SMILES string of the molecule is CCN1CCCC1.N.O. The molecule has 1 rings (SSSR count). The monoisotopic (exact) mass is 134 g/mol. The first-order valence-corrected chi connectivity index (χ1v) is 3.16. The van der Waals surface area contributed by atoms with Crippen molar-refractivity contribution in [1.29, 1.82) is 0 Å². The van der Waals surface area contributed by atoms with Crippen LogP contribution >= 0.6 is 0 Å². The van der Waals surface area contributed by atoms with Crippen molar-refractivity contribution in [2.45, 2.75) is 19.8 Å². The molecule has 0 aliphatic carbocycles. The van der Waals surface area contributed by atoms with Gasteiger partial charge >= 0.3 is 0 Å². The van der Waals surface area contributed by atoms with Gasteiger partial charge in [-0.2, -0.15) is 0 Å². The Morgan fingerprint density at radius 3 is 1.89 bits per heavy atom. The largest absolute Gasteiger partial charge is 0.412 e. The van der Waals surface area contributed by atoms with E-state index in [1.54, 1.807) is 0 Å². The molecule has 0 aromatic carbocycles. The van der Waals surface area contributed by atoms with Crippen LogP contribution in [0.5, 0.6) is 0 Å². The van der Waals surface area contributed by atoms with Crippen LogP contribution in [0.25, 0.3) is 0 Å². The van der Waals surface area contributed by atoms with Crippen molar-refractivity contribution in [3.8, 4) is 0 Å². The number of hydrogen-bond donors (Lipinski definition) is 1. The standard InChI is InChI=1S/C6H13N.H3N.H2O/c1-2-7-5-3-4-6-7;;/h2-6H2,1H3;1H3;1H2. The Hall–Kier alpha value is -0.120. The first kappa shape index (κ1) is 11.6. The third-order valence-corrected chi connectivity index (χ3v) is 1.65. The maximum absolute atomic E-state index is 2.49. The summed E-state index contributed by atoms with van der Waals surface area (Å²) in [6, 6.07) is 0. The highest BCUT2D eigenvalue weighted by Gasteiger charge is 2.06. The molecule has 1 aliphatic rings. The van der Waals surface area contributed by atoms with Gasteiger partial charge < -0.3 is 16.5 Å². The lowest BCUT2D eigenvalue weighted by atomic mass is 10.4. The fourth-order valence-corrected chi connectivity index (χ4v) is 1.10. The number of hydrogen-bond acceptors (Lipinski definition) is 2. The summed E-state index contributed by atoms with van der Waals surface area (Å²) in [7, 11) is 0. The summed E-state index contributed by atoms with van der Waals surface area (Å²) < 4.78 is 0. The first-order valence-electron chi connectivity index (χ1n) is 3.16. The second-order valence-corrected chi connectivity index (χ2v) is 2.14. The normalized spacial score (nSPS) is 18.3. The fourth-order valence-electron chi connectivity index (χ4n) is 1.10. The summed E-state index contributed by atoms with van der Waals surface area (Å²) in [5.41, 5.74) is 0. The fraction of sp³-hybridized carbons (Fsp3) is 1.00. The van der Waals surface area contributed by atoms with Gasteiger partial charge in [-0.25, -0.2) is 0 Å². The zero-order valence-corrected chi connectivity index (χ0v) is 6.19. The van der Waals surface area contributed by atoms with Crippen molar-refractivity contribution in [1.82, 2.24) is 11.1 Å². The predicted octanol–water partition coefficient (Wildman–Crippen LogP) is 0.439. The molecule has 0 unspecified atom stereocenters. The number of likely N-dealkylation sites (tertiary alicyclic amines) is 1. The molecule has 3 heteroatoms. The molecular weight excluding hydrogens is 116 g/mol. The van der Waals surface area contributed by atoms with E-state index in [1.165, 1.54) is 32.5 Å². The summed E-state index contributed by atoms with van der Waals surface area (Å²) in [5, 5.41) is 0. The Labute approximate surface area is 56.9 Å². The molecule has 9 heavy (non-hydrogen) atoms. The second-order valence-electron chi connectivity index (χ2n) is 2.14. The van der Waals surface area contributed by atoms with Crippen LogP contribution in [0.4, 0.5) is 0 Å². The highest BCUT2D eigenvalue weighted by Crippen LogP contribution is 2.04. The lowest BCUT2D eigenvalue weighted by Crippen LogP contribution is -2.17. The van der Waals surface area contributed by atoms with E-state index in [9.17, 15) is 0 Å². The van der Waals surface area contributed by atoms with E-state index < -0.39 is 0 Å². The maximum atomic E-state index is 2.49. The van der Waals surface area contributed by atoms with E-state index >= 15 is 0 Å². The van der Waals surface area contributed by atoms with Gasteiger partial charge in [0.25, 0.3) is 0 Å². The third kappa shape index (κ3) is 3.46. The Kier molecular flexibility index (Phi) is 7.77. The van der Waals surface area contributed by atoms with Gasteiger partial charge in [0, 0.05) is 0 Å². The van der Waals surface area contributed by atoms with E-state index in [0.717, 1.165) is 0 Å². The summed E-state index contributed by atoms with van der Waals surface area (Å²) in [6.07, 6.45) is 2.85. The lowest BCUT2D eigenvalue weighted by molar-refractivity contribution is 0.359. The third-order valence-electron chi connectivity index (χ3n) is 1.65. The average Bonchev–Trinajstić information content (AvgIpc) is 2.14. The van der Waals surface area contributed by atoms with Crippen LogP contribution in [0.15, 0.2) is 0 Å². The van der Waals surface area contributed by atoms with E-state index in [1.807, 2.05) is 0 Å². The van der Waals surface area contributed by atoms with Crippen molar-refractivity contribution in [2.75, 3.05) is 19.6 Å². The van der Waals surface area contributed by atoms with Crippen molar-refractivity contribution in [2.24, 2.45) is 0 Å². The zero-order chi connectivity index (χ0) is 5.11. The van der Waals surface area contributed by atoms with Crippen molar-refractivity contribution < 1.29 is 5.48 Å². The van der Waals surface area contributed by atoms with Crippen LogP contribution in [-0.4, -0.2) is 30.0 Å². The highest BCUT2D eigenvalue weighted by atomic mass is 16.0. The topological polar surface area (TPSA) is 69.7 Å². The van der Waals surface area contributed by atoms with Crippen molar-refractivity contribution in [3.05, 3.63) is 0 Å². The summed E-state index contributed by atoms with van der Waals surface area (Å²) in [5.74, 6) is 0.